The van der Waals surface area contributed by atoms with Crippen LogP contribution in [0.2, 0.25) is 5.02 Å². The molecule has 4 rings (SSSR count). The first kappa shape index (κ1) is 25.5. The minimum atomic E-state index is -0.838. The van der Waals surface area contributed by atoms with Crippen molar-refractivity contribution in [3.63, 3.8) is 0 Å². The quantitative estimate of drug-likeness (QED) is 0.336. The highest BCUT2D eigenvalue weighted by Crippen LogP contribution is 2.25. The predicted molar refractivity (Wildman–Crippen MR) is 139 cm³/mol. The Kier molecular flexibility index (Phi) is 7.85. The molecule has 0 saturated carbocycles. The zero-order chi connectivity index (χ0) is 26.4. The molecule has 1 aliphatic heterocycles. The van der Waals surface area contributed by atoms with Crippen LogP contribution in [0.5, 0.6) is 11.5 Å². The molecule has 0 aliphatic carbocycles. The minimum Gasteiger partial charge on any atom is -0.494 e. The number of para-hydroxylation sites is 1. The molecule has 1 fully saturated rings. The molecule has 188 valence electrons. The number of halogens is 1. The molecule has 0 spiro atoms. The van der Waals surface area contributed by atoms with Crippen molar-refractivity contribution in [3.05, 3.63) is 89.0 Å². The lowest BCUT2D eigenvalue weighted by Crippen LogP contribution is -2.54. The van der Waals surface area contributed by atoms with Gasteiger partial charge in [-0.25, -0.2) is 9.69 Å². The zero-order valence-corrected chi connectivity index (χ0v) is 20.5. The summed E-state index contributed by atoms with van der Waals surface area (Å²) in [5, 5.41) is 5.26. The van der Waals surface area contributed by atoms with E-state index in [-0.39, 0.29) is 18.1 Å². The van der Waals surface area contributed by atoms with E-state index in [0.29, 0.717) is 40.1 Å². The molecule has 2 N–H and O–H groups in total. The summed E-state index contributed by atoms with van der Waals surface area (Å²) in [5.41, 5.74) is 1.09. The number of nitrogens with zero attached hydrogens (tertiary/aromatic N) is 1. The lowest BCUT2D eigenvalue weighted by molar-refractivity contribution is -0.122. The van der Waals surface area contributed by atoms with Crippen LogP contribution in [0.4, 0.5) is 16.2 Å². The van der Waals surface area contributed by atoms with Crippen LogP contribution in [-0.4, -0.2) is 37.0 Å². The average Bonchev–Trinajstić information content (AvgIpc) is 2.88. The molecule has 0 atom stereocenters. The van der Waals surface area contributed by atoms with Crippen molar-refractivity contribution >= 4 is 52.8 Å². The van der Waals surface area contributed by atoms with E-state index in [1.54, 1.807) is 72.8 Å². The smallest absolute Gasteiger partial charge is 0.335 e. The highest BCUT2D eigenvalue weighted by atomic mass is 35.5. The molecule has 3 aromatic rings. The number of urea groups is 1. The number of amides is 5. The maximum atomic E-state index is 13.0. The largest absolute Gasteiger partial charge is 0.494 e. The van der Waals surface area contributed by atoms with E-state index in [9.17, 15) is 19.2 Å². The van der Waals surface area contributed by atoms with Gasteiger partial charge in [0.05, 0.1) is 23.0 Å². The molecule has 1 heterocycles. The van der Waals surface area contributed by atoms with Gasteiger partial charge < -0.3 is 14.8 Å². The van der Waals surface area contributed by atoms with Gasteiger partial charge in [0.2, 0.25) is 0 Å². The Balaban J connectivity index is 1.43. The van der Waals surface area contributed by atoms with Crippen molar-refractivity contribution in [2.45, 2.75) is 6.92 Å². The summed E-state index contributed by atoms with van der Waals surface area (Å²) in [6.07, 6.45) is 1.37. The number of carbonyl (C=O) groups excluding carboxylic acids is 4. The summed E-state index contributed by atoms with van der Waals surface area (Å²) in [6, 6.07) is 18.8. The van der Waals surface area contributed by atoms with Gasteiger partial charge in [0.1, 0.15) is 17.1 Å². The van der Waals surface area contributed by atoms with Gasteiger partial charge >= 0.3 is 6.03 Å². The molecule has 0 aromatic heterocycles. The standard InChI is InChI=1S/C27H22ClN3O6/c1-2-36-19-13-9-18(10-14-19)31-26(34)21(25(33)30-27(31)35)15-17-7-11-20(12-8-17)37-16-24(32)29-23-6-4-3-5-22(23)28/h3-15H,2,16H2,1H3,(H,29,32)(H,30,33,35)/b21-15+. The third-order valence-electron chi connectivity index (χ3n) is 5.22. The first-order valence-corrected chi connectivity index (χ1v) is 11.6. The fourth-order valence-electron chi connectivity index (χ4n) is 3.47. The number of ether oxygens (including phenoxy) is 2. The van der Waals surface area contributed by atoms with E-state index in [0.717, 1.165) is 4.90 Å². The van der Waals surface area contributed by atoms with E-state index in [2.05, 4.69) is 10.6 Å². The van der Waals surface area contributed by atoms with Gasteiger partial charge in [0.15, 0.2) is 6.61 Å². The SMILES string of the molecule is CCOc1ccc(N2C(=O)NC(=O)/C(=C\c3ccc(OCC(=O)Nc4ccccc4Cl)cc3)C2=O)cc1. The summed E-state index contributed by atoms with van der Waals surface area (Å²) in [7, 11) is 0. The maximum Gasteiger partial charge on any atom is 0.335 e. The Morgan fingerprint density at radius 2 is 1.59 bits per heavy atom. The molecule has 37 heavy (non-hydrogen) atoms. The number of hydrogen-bond donors (Lipinski definition) is 2. The van der Waals surface area contributed by atoms with Gasteiger partial charge in [0.25, 0.3) is 17.7 Å². The van der Waals surface area contributed by atoms with E-state index >= 15 is 0 Å². The highest BCUT2D eigenvalue weighted by molar-refractivity contribution is 6.39. The lowest BCUT2D eigenvalue weighted by Gasteiger charge is -2.26. The Labute approximate surface area is 217 Å². The third-order valence-corrected chi connectivity index (χ3v) is 5.55. The maximum absolute atomic E-state index is 13.0. The average molecular weight is 520 g/mol. The Bertz CT molecular complexity index is 1370. The summed E-state index contributed by atoms with van der Waals surface area (Å²) >= 11 is 6.03. The first-order chi connectivity index (χ1) is 17.9. The second-order valence-corrected chi connectivity index (χ2v) is 8.18. The normalized spacial score (nSPS) is 14.4. The van der Waals surface area contributed by atoms with Gasteiger partial charge in [-0.1, -0.05) is 35.9 Å². The molecule has 1 saturated heterocycles. The predicted octanol–water partition coefficient (Wildman–Crippen LogP) is 4.42. The number of rotatable bonds is 8. The van der Waals surface area contributed by atoms with Crippen LogP contribution in [0.1, 0.15) is 12.5 Å². The van der Waals surface area contributed by atoms with Crippen LogP contribution >= 0.6 is 11.6 Å². The molecule has 1 aliphatic rings. The molecule has 0 unspecified atom stereocenters. The van der Waals surface area contributed by atoms with Crippen molar-refractivity contribution in [2.24, 2.45) is 0 Å². The summed E-state index contributed by atoms with van der Waals surface area (Å²) in [5.74, 6) is -0.945. The molecule has 0 radical (unpaired) electrons. The van der Waals surface area contributed by atoms with Crippen molar-refractivity contribution in [2.75, 3.05) is 23.4 Å². The van der Waals surface area contributed by atoms with Crippen molar-refractivity contribution in [1.29, 1.82) is 0 Å². The fourth-order valence-corrected chi connectivity index (χ4v) is 3.66. The topological polar surface area (TPSA) is 114 Å². The van der Waals surface area contributed by atoms with Crippen molar-refractivity contribution < 1.29 is 28.7 Å². The number of imide groups is 2. The Morgan fingerprint density at radius 1 is 0.946 bits per heavy atom. The van der Waals surface area contributed by atoms with Crippen LogP contribution in [0, 0.1) is 0 Å². The fraction of sp³-hybridized carbons (Fsp3) is 0.111. The van der Waals surface area contributed by atoms with Crippen molar-refractivity contribution in [1.82, 2.24) is 5.32 Å². The second-order valence-electron chi connectivity index (χ2n) is 7.77. The number of nitrogens with one attached hydrogen (secondary N) is 2. The highest BCUT2D eigenvalue weighted by Gasteiger charge is 2.36. The number of hydrogen-bond acceptors (Lipinski definition) is 6. The molecule has 5 amide bonds. The van der Waals surface area contributed by atoms with Crippen LogP contribution in [0.15, 0.2) is 78.4 Å². The van der Waals surface area contributed by atoms with Crippen LogP contribution in [-0.2, 0) is 14.4 Å². The number of carbonyl (C=O) groups is 4. The Morgan fingerprint density at radius 3 is 2.27 bits per heavy atom. The molecule has 0 bridgehead atoms. The van der Waals surface area contributed by atoms with E-state index < -0.39 is 17.8 Å². The summed E-state index contributed by atoms with van der Waals surface area (Å²) < 4.78 is 10.9. The summed E-state index contributed by atoms with van der Waals surface area (Å²) in [4.78, 5) is 50.9. The van der Waals surface area contributed by atoms with E-state index in [1.807, 2.05) is 6.92 Å². The third kappa shape index (κ3) is 6.14. The van der Waals surface area contributed by atoms with Gasteiger partial charge in [-0.2, -0.15) is 0 Å². The van der Waals surface area contributed by atoms with Gasteiger partial charge in [0, 0.05) is 0 Å². The zero-order valence-electron chi connectivity index (χ0n) is 19.7. The van der Waals surface area contributed by atoms with Gasteiger partial charge in [-0.15, -0.1) is 0 Å². The molecule has 9 nitrogen and oxygen atoms in total. The van der Waals surface area contributed by atoms with Crippen molar-refractivity contribution in [3.8, 4) is 11.5 Å². The monoisotopic (exact) mass is 519 g/mol. The Hall–Kier alpha value is -4.63. The number of barbiturate groups is 1. The molecule has 10 heteroatoms. The summed E-state index contributed by atoms with van der Waals surface area (Å²) in [6.45, 7) is 2.07. The van der Waals surface area contributed by atoms with Crippen LogP contribution in [0.3, 0.4) is 0 Å². The molecule has 3 aromatic carbocycles. The first-order valence-electron chi connectivity index (χ1n) is 11.3. The second kappa shape index (κ2) is 11.4. The van der Waals surface area contributed by atoms with Crippen LogP contribution in [0.25, 0.3) is 6.08 Å². The van der Waals surface area contributed by atoms with Gasteiger partial charge in [-0.05, 0) is 67.1 Å². The van der Waals surface area contributed by atoms with E-state index in [1.165, 1.54) is 6.08 Å². The van der Waals surface area contributed by atoms with Crippen LogP contribution < -0.4 is 25.0 Å². The number of anilines is 2. The lowest BCUT2D eigenvalue weighted by atomic mass is 10.1. The molecular weight excluding hydrogens is 498 g/mol. The number of benzene rings is 3. The van der Waals surface area contributed by atoms with E-state index in [4.69, 9.17) is 21.1 Å². The minimum absolute atomic E-state index is 0.207. The van der Waals surface area contributed by atoms with Gasteiger partial charge in [-0.3, -0.25) is 19.7 Å². The molecular formula is C27H22ClN3O6.